The van der Waals surface area contributed by atoms with Crippen LogP contribution in [-0.2, 0) is 15.0 Å². The van der Waals surface area contributed by atoms with Crippen molar-refractivity contribution < 1.29 is 14.0 Å². The highest BCUT2D eigenvalue weighted by Crippen LogP contribution is 2.49. The summed E-state index contributed by atoms with van der Waals surface area (Å²) < 4.78 is 16.8. The highest BCUT2D eigenvalue weighted by atomic mass is 35.5. The van der Waals surface area contributed by atoms with E-state index in [2.05, 4.69) is 5.32 Å². The molecular formula is C27H28ClFN4O2S. The Bertz CT molecular complexity index is 1330. The van der Waals surface area contributed by atoms with Gasteiger partial charge in [0.25, 0.3) is 0 Å². The Kier molecular flexibility index (Phi) is 6.59. The Labute approximate surface area is 219 Å². The summed E-state index contributed by atoms with van der Waals surface area (Å²) in [5.74, 6) is -0.257. The van der Waals surface area contributed by atoms with Crippen molar-refractivity contribution in [1.82, 2.24) is 15.1 Å². The number of nitrogens with one attached hydrogen (secondary N) is 1. The first-order valence-corrected chi connectivity index (χ1v) is 13.4. The molecule has 36 heavy (non-hydrogen) atoms. The number of nitrogens with zero attached hydrogens (tertiary/aromatic N) is 3. The Morgan fingerprint density at radius 2 is 1.86 bits per heavy atom. The van der Waals surface area contributed by atoms with Crippen LogP contribution in [0.25, 0.3) is 5.69 Å². The molecule has 1 aromatic heterocycles. The lowest BCUT2D eigenvalue weighted by molar-refractivity contribution is -0.123. The zero-order valence-electron chi connectivity index (χ0n) is 20.4. The van der Waals surface area contributed by atoms with Crippen molar-refractivity contribution in [3.8, 4) is 5.69 Å². The topological polar surface area (TPSA) is 67.2 Å². The fourth-order valence-corrected chi connectivity index (χ4v) is 5.88. The second-order valence-electron chi connectivity index (χ2n) is 10.2. The molecule has 2 amide bonds. The first kappa shape index (κ1) is 24.8. The predicted molar refractivity (Wildman–Crippen MR) is 141 cm³/mol. The summed E-state index contributed by atoms with van der Waals surface area (Å²) in [7, 11) is 0. The average Bonchev–Trinajstić information content (AvgIpc) is 3.56. The van der Waals surface area contributed by atoms with Gasteiger partial charge in [0.15, 0.2) is 0 Å². The van der Waals surface area contributed by atoms with Crippen molar-refractivity contribution in [3.63, 3.8) is 0 Å². The van der Waals surface area contributed by atoms with Crippen LogP contribution in [0.1, 0.15) is 55.7 Å². The monoisotopic (exact) mass is 526 g/mol. The maximum absolute atomic E-state index is 15.2. The standard InChI is InChI=1S/C27H28ClFN4O2S/c1-27(2,3)25-23-24(17-8-4-6-10-19(17)29)36-15-22(35)32(14-21(34)30-16-12-13-16)26(23)33(31-25)20-11-7-5-9-18(20)28/h4-11,16,24H,12-15H2,1-3H3,(H,30,34)/t24-/m1/s1. The van der Waals surface area contributed by atoms with Gasteiger partial charge in [-0.05, 0) is 31.0 Å². The molecule has 2 aliphatic rings. The van der Waals surface area contributed by atoms with Gasteiger partial charge in [0.05, 0.1) is 27.4 Å². The second kappa shape index (κ2) is 9.56. The van der Waals surface area contributed by atoms with Gasteiger partial charge in [0.1, 0.15) is 18.2 Å². The van der Waals surface area contributed by atoms with E-state index in [4.69, 9.17) is 16.7 Å². The maximum Gasteiger partial charge on any atom is 0.240 e. The summed E-state index contributed by atoms with van der Waals surface area (Å²) in [6, 6.07) is 14.0. The average molecular weight is 527 g/mol. The first-order valence-electron chi connectivity index (χ1n) is 12.0. The molecule has 5 rings (SSSR count). The van der Waals surface area contributed by atoms with E-state index >= 15 is 4.39 Å². The summed E-state index contributed by atoms with van der Waals surface area (Å²) >= 11 is 7.96. The summed E-state index contributed by atoms with van der Waals surface area (Å²) in [5.41, 5.74) is 2.08. The second-order valence-corrected chi connectivity index (χ2v) is 11.7. The minimum absolute atomic E-state index is 0.0937. The number of aromatic nitrogens is 2. The molecule has 0 unspecified atom stereocenters. The first-order chi connectivity index (χ1) is 17.1. The zero-order chi connectivity index (χ0) is 25.6. The molecule has 1 N–H and O–H groups in total. The zero-order valence-corrected chi connectivity index (χ0v) is 22.0. The van der Waals surface area contributed by atoms with Gasteiger partial charge in [-0.3, -0.25) is 14.5 Å². The molecule has 188 valence electrons. The van der Waals surface area contributed by atoms with Gasteiger partial charge in [-0.1, -0.05) is 62.7 Å². The van der Waals surface area contributed by atoms with Crippen molar-refractivity contribution >= 4 is 41.0 Å². The highest BCUT2D eigenvalue weighted by Gasteiger charge is 2.41. The van der Waals surface area contributed by atoms with Crippen molar-refractivity contribution in [1.29, 1.82) is 0 Å². The normalized spacial score (nSPS) is 18.1. The molecule has 2 heterocycles. The van der Waals surface area contributed by atoms with Crippen LogP contribution in [0.2, 0.25) is 5.02 Å². The number of benzene rings is 2. The van der Waals surface area contributed by atoms with Crippen LogP contribution >= 0.6 is 23.4 Å². The van der Waals surface area contributed by atoms with Crippen LogP contribution in [0.4, 0.5) is 10.2 Å². The van der Waals surface area contributed by atoms with Gasteiger partial charge >= 0.3 is 0 Å². The molecule has 2 aromatic carbocycles. The van der Waals surface area contributed by atoms with Crippen molar-refractivity contribution in [3.05, 3.63) is 76.2 Å². The summed E-state index contributed by atoms with van der Waals surface area (Å²) in [4.78, 5) is 28.0. The molecule has 3 aromatic rings. The molecule has 0 saturated heterocycles. The third kappa shape index (κ3) is 4.76. The van der Waals surface area contributed by atoms with E-state index in [1.54, 1.807) is 28.9 Å². The summed E-state index contributed by atoms with van der Waals surface area (Å²) in [6.45, 7) is 5.96. The van der Waals surface area contributed by atoms with Crippen LogP contribution in [0.5, 0.6) is 0 Å². The van der Waals surface area contributed by atoms with Crippen molar-refractivity contribution in [2.45, 2.75) is 50.3 Å². The van der Waals surface area contributed by atoms with Crippen molar-refractivity contribution in [2.24, 2.45) is 0 Å². The number of carbonyl (C=O) groups excluding carboxylic acids is 2. The third-order valence-corrected chi connectivity index (χ3v) is 7.87. The quantitative estimate of drug-likeness (QED) is 0.482. The highest BCUT2D eigenvalue weighted by molar-refractivity contribution is 8.00. The lowest BCUT2D eigenvalue weighted by Gasteiger charge is -2.24. The number of rotatable bonds is 5. The number of thioether (sulfide) groups is 1. The number of halogens is 2. The fourth-order valence-electron chi connectivity index (χ4n) is 4.44. The Hall–Kier alpha value is -2.84. The minimum atomic E-state index is -0.493. The molecular weight excluding hydrogens is 499 g/mol. The smallest absolute Gasteiger partial charge is 0.240 e. The number of amides is 2. The Balaban J connectivity index is 1.77. The largest absolute Gasteiger partial charge is 0.352 e. The lowest BCUT2D eigenvalue weighted by Crippen LogP contribution is -2.43. The minimum Gasteiger partial charge on any atom is -0.352 e. The van der Waals surface area contributed by atoms with Gasteiger partial charge < -0.3 is 5.32 Å². The van der Waals surface area contributed by atoms with E-state index in [0.717, 1.165) is 24.1 Å². The molecule has 1 saturated carbocycles. The summed E-state index contributed by atoms with van der Waals surface area (Å²) in [5, 5.41) is 7.92. The predicted octanol–water partition coefficient (Wildman–Crippen LogP) is 5.41. The Morgan fingerprint density at radius 3 is 2.53 bits per heavy atom. The molecule has 1 aliphatic carbocycles. The van der Waals surface area contributed by atoms with Gasteiger partial charge in [-0.2, -0.15) is 5.10 Å². The SMILES string of the molecule is CC(C)(C)c1nn(-c2ccccc2Cl)c2c1[C@@H](c1ccccc1F)SCC(=O)N2CC(=O)NC1CC1. The van der Waals surface area contributed by atoms with Crippen molar-refractivity contribution in [2.75, 3.05) is 17.2 Å². The van der Waals surface area contributed by atoms with Crippen LogP contribution in [0.3, 0.4) is 0 Å². The third-order valence-electron chi connectivity index (χ3n) is 6.31. The molecule has 0 radical (unpaired) electrons. The molecule has 6 nitrogen and oxygen atoms in total. The van der Waals surface area contributed by atoms with E-state index < -0.39 is 10.7 Å². The van der Waals surface area contributed by atoms with E-state index in [-0.39, 0.29) is 36.0 Å². The number of para-hydroxylation sites is 1. The molecule has 1 fully saturated rings. The van der Waals surface area contributed by atoms with Crippen LogP contribution in [-0.4, -0.2) is 39.9 Å². The molecule has 0 bridgehead atoms. The van der Waals surface area contributed by atoms with Gasteiger partial charge in [0, 0.05) is 22.6 Å². The molecule has 9 heteroatoms. The van der Waals surface area contributed by atoms with Crippen LogP contribution < -0.4 is 10.2 Å². The number of anilines is 1. The Morgan fingerprint density at radius 1 is 1.17 bits per heavy atom. The van der Waals surface area contributed by atoms with Gasteiger partial charge in [-0.25, -0.2) is 9.07 Å². The van der Waals surface area contributed by atoms with Gasteiger partial charge in [-0.15, -0.1) is 11.8 Å². The van der Waals surface area contributed by atoms with E-state index in [0.29, 0.717) is 22.1 Å². The van der Waals surface area contributed by atoms with Gasteiger partial charge in [0.2, 0.25) is 11.8 Å². The maximum atomic E-state index is 15.2. The summed E-state index contributed by atoms with van der Waals surface area (Å²) in [6.07, 6.45) is 1.89. The van der Waals surface area contributed by atoms with E-state index in [1.807, 2.05) is 39.0 Å². The van der Waals surface area contributed by atoms with Crippen LogP contribution in [0.15, 0.2) is 48.5 Å². The number of fused-ring (bicyclic) bond motifs is 1. The molecule has 0 spiro atoms. The molecule has 1 aliphatic heterocycles. The van der Waals surface area contributed by atoms with E-state index in [1.165, 1.54) is 22.7 Å². The molecule has 1 atom stereocenters. The van der Waals surface area contributed by atoms with E-state index in [9.17, 15) is 9.59 Å². The fraction of sp³-hybridized carbons (Fsp3) is 0.370. The number of carbonyl (C=O) groups is 2. The lowest BCUT2D eigenvalue weighted by atomic mass is 9.87. The number of hydrogen-bond donors (Lipinski definition) is 1. The van der Waals surface area contributed by atoms with Crippen LogP contribution in [0, 0.1) is 5.82 Å². The number of hydrogen-bond acceptors (Lipinski definition) is 4.